The number of carboxylic acids is 1. The molecule has 24 heavy (non-hydrogen) atoms. The second-order valence-corrected chi connectivity index (χ2v) is 5.68. The Morgan fingerprint density at radius 1 is 1.21 bits per heavy atom. The Morgan fingerprint density at radius 3 is 2.58 bits per heavy atom. The van der Waals surface area contributed by atoms with E-state index in [0.717, 1.165) is 16.5 Å². The summed E-state index contributed by atoms with van der Waals surface area (Å²) in [6, 6.07) is 6.83. The number of nitrogens with zero attached hydrogens (tertiary/aromatic N) is 3. The van der Waals surface area contributed by atoms with Crippen LogP contribution in [0, 0.1) is 0 Å². The van der Waals surface area contributed by atoms with Gasteiger partial charge in [-0.2, -0.15) is 9.97 Å². The van der Waals surface area contributed by atoms with E-state index in [0.29, 0.717) is 24.6 Å². The number of aromatic nitrogens is 3. The van der Waals surface area contributed by atoms with Crippen molar-refractivity contribution in [2.45, 2.75) is 13.1 Å². The lowest BCUT2D eigenvalue weighted by atomic mass is 10.1. The number of carbonyl (C=O) groups is 1. The first-order valence-electron chi connectivity index (χ1n) is 7.34. The fourth-order valence-electron chi connectivity index (χ4n) is 2.68. The third kappa shape index (κ3) is 3.13. The quantitative estimate of drug-likeness (QED) is 0.557. The standard InChI is InChI=1S/C16H18N6O2/c1-22(7-9-2-4-10(5-3-9)15(23)24)8-11-6-19-14-12(11)13(17)20-16(18)21-14/h2-6H,7-8H2,1H3,(H,23,24)(H5,17,18,19,20,21). The van der Waals surface area contributed by atoms with E-state index in [1.165, 1.54) is 0 Å². The number of carboxylic acid groups (broad SMARTS) is 1. The minimum absolute atomic E-state index is 0.139. The van der Waals surface area contributed by atoms with Crippen molar-refractivity contribution >= 4 is 28.8 Å². The van der Waals surface area contributed by atoms with Crippen LogP contribution in [0.4, 0.5) is 11.8 Å². The second-order valence-electron chi connectivity index (χ2n) is 5.68. The molecule has 0 radical (unpaired) electrons. The lowest BCUT2D eigenvalue weighted by Gasteiger charge is -2.16. The molecule has 8 heteroatoms. The molecule has 6 N–H and O–H groups in total. The Hall–Kier alpha value is -3.13. The van der Waals surface area contributed by atoms with E-state index >= 15 is 0 Å². The van der Waals surface area contributed by atoms with E-state index in [4.69, 9.17) is 16.6 Å². The lowest BCUT2D eigenvalue weighted by Crippen LogP contribution is -2.17. The molecule has 0 amide bonds. The number of aromatic amines is 1. The fraction of sp³-hybridized carbons (Fsp3) is 0.188. The summed E-state index contributed by atoms with van der Waals surface area (Å²) in [6.07, 6.45) is 1.85. The minimum Gasteiger partial charge on any atom is -0.478 e. The molecule has 3 aromatic rings. The maximum absolute atomic E-state index is 10.9. The first-order chi connectivity index (χ1) is 11.4. The van der Waals surface area contributed by atoms with Crippen molar-refractivity contribution in [3.05, 3.63) is 47.2 Å². The summed E-state index contributed by atoms with van der Waals surface area (Å²) in [5.74, 6) is -0.434. The van der Waals surface area contributed by atoms with Crippen LogP contribution < -0.4 is 11.5 Å². The normalized spacial score (nSPS) is 11.2. The minimum atomic E-state index is -0.927. The van der Waals surface area contributed by atoms with E-state index in [1.54, 1.807) is 12.1 Å². The summed E-state index contributed by atoms with van der Waals surface area (Å²) in [6.45, 7) is 1.31. The fourth-order valence-corrected chi connectivity index (χ4v) is 2.68. The van der Waals surface area contributed by atoms with Crippen molar-refractivity contribution in [3.63, 3.8) is 0 Å². The monoisotopic (exact) mass is 326 g/mol. The molecule has 0 saturated heterocycles. The van der Waals surface area contributed by atoms with E-state index in [2.05, 4.69) is 19.9 Å². The summed E-state index contributed by atoms with van der Waals surface area (Å²) >= 11 is 0. The maximum Gasteiger partial charge on any atom is 0.335 e. The van der Waals surface area contributed by atoms with Crippen molar-refractivity contribution in [1.29, 1.82) is 0 Å². The van der Waals surface area contributed by atoms with Crippen LogP contribution >= 0.6 is 0 Å². The Bertz CT molecular complexity index is 887. The van der Waals surface area contributed by atoms with Crippen molar-refractivity contribution in [3.8, 4) is 0 Å². The Balaban J connectivity index is 1.75. The summed E-state index contributed by atoms with van der Waals surface area (Å²) in [5.41, 5.74) is 14.4. The van der Waals surface area contributed by atoms with Gasteiger partial charge in [0.2, 0.25) is 5.95 Å². The van der Waals surface area contributed by atoms with Gasteiger partial charge in [-0.25, -0.2) is 4.79 Å². The predicted octanol–water partition coefficient (Wildman–Crippen LogP) is 1.45. The van der Waals surface area contributed by atoms with Crippen LogP contribution in [0.25, 0.3) is 11.0 Å². The molecule has 2 heterocycles. The zero-order valence-corrected chi connectivity index (χ0v) is 13.2. The molecule has 1 aromatic carbocycles. The maximum atomic E-state index is 10.9. The summed E-state index contributed by atoms with van der Waals surface area (Å²) < 4.78 is 0. The number of nitrogen functional groups attached to an aromatic ring is 2. The Kier molecular flexibility index (Phi) is 4.05. The molecule has 0 spiro atoms. The highest BCUT2D eigenvalue weighted by molar-refractivity contribution is 5.90. The molecule has 0 unspecified atom stereocenters. The van der Waals surface area contributed by atoms with Gasteiger partial charge in [-0.15, -0.1) is 0 Å². The van der Waals surface area contributed by atoms with Gasteiger partial charge in [0.1, 0.15) is 11.5 Å². The first-order valence-corrected chi connectivity index (χ1v) is 7.34. The van der Waals surface area contributed by atoms with Gasteiger partial charge in [-0.1, -0.05) is 12.1 Å². The molecule has 2 aromatic heterocycles. The van der Waals surface area contributed by atoms with Crippen LogP contribution in [-0.4, -0.2) is 38.0 Å². The number of H-pyrrole nitrogens is 1. The molecule has 124 valence electrons. The molecule has 3 rings (SSSR count). The van der Waals surface area contributed by atoms with Crippen molar-refractivity contribution < 1.29 is 9.90 Å². The van der Waals surface area contributed by atoms with Crippen molar-refractivity contribution in [1.82, 2.24) is 19.9 Å². The zero-order valence-electron chi connectivity index (χ0n) is 13.2. The van der Waals surface area contributed by atoms with Crippen LogP contribution in [-0.2, 0) is 13.1 Å². The van der Waals surface area contributed by atoms with Gasteiger partial charge in [-0.05, 0) is 30.3 Å². The molecule has 0 fully saturated rings. The number of hydrogen-bond donors (Lipinski definition) is 4. The highest BCUT2D eigenvalue weighted by atomic mass is 16.4. The highest BCUT2D eigenvalue weighted by Crippen LogP contribution is 2.24. The molecule has 0 atom stereocenters. The molecule has 0 aliphatic heterocycles. The van der Waals surface area contributed by atoms with Gasteiger partial charge >= 0.3 is 5.97 Å². The van der Waals surface area contributed by atoms with E-state index < -0.39 is 5.97 Å². The van der Waals surface area contributed by atoms with Crippen LogP contribution in [0.5, 0.6) is 0 Å². The average Bonchev–Trinajstić information content (AvgIpc) is 2.90. The third-order valence-corrected chi connectivity index (χ3v) is 3.75. The first kappa shape index (κ1) is 15.8. The van der Waals surface area contributed by atoms with Gasteiger partial charge in [0.15, 0.2) is 0 Å². The molecular weight excluding hydrogens is 308 g/mol. The molecule has 8 nitrogen and oxygen atoms in total. The SMILES string of the molecule is CN(Cc1ccc(C(=O)O)cc1)Cc1c[nH]c2nc(N)nc(N)c12. The molecular formula is C16H18N6O2. The summed E-state index contributed by atoms with van der Waals surface area (Å²) in [7, 11) is 1.97. The Labute approximate surface area is 138 Å². The molecule has 0 bridgehead atoms. The molecule has 0 aliphatic carbocycles. The smallest absolute Gasteiger partial charge is 0.335 e. The third-order valence-electron chi connectivity index (χ3n) is 3.75. The van der Waals surface area contributed by atoms with Gasteiger partial charge in [-0.3, -0.25) is 4.90 Å². The number of hydrogen-bond acceptors (Lipinski definition) is 6. The van der Waals surface area contributed by atoms with E-state index in [1.807, 2.05) is 25.4 Å². The number of benzene rings is 1. The largest absolute Gasteiger partial charge is 0.478 e. The topological polar surface area (TPSA) is 134 Å². The van der Waals surface area contributed by atoms with E-state index in [-0.39, 0.29) is 11.5 Å². The van der Waals surface area contributed by atoms with Crippen LogP contribution in [0.2, 0.25) is 0 Å². The number of rotatable bonds is 5. The van der Waals surface area contributed by atoms with Gasteiger partial charge in [0.25, 0.3) is 0 Å². The van der Waals surface area contributed by atoms with Gasteiger partial charge < -0.3 is 21.6 Å². The van der Waals surface area contributed by atoms with Crippen LogP contribution in [0.15, 0.2) is 30.5 Å². The van der Waals surface area contributed by atoms with Gasteiger partial charge in [0.05, 0.1) is 10.9 Å². The van der Waals surface area contributed by atoms with Crippen LogP contribution in [0.3, 0.4) is 0 Å². The molecule has 0 aliphatic rings. The van der Waals surface area contributed by atoms with Crippen molar-refractivity contribution in [2.75, 3.05) is 18.5 Å². The van der Waals surface area contributed by atoms with Crippen LogP contribution in [0.1, 0.15) is 21.5 Å². The molecule has 0 saturated carbocycles. The summed E-state index contributed by atoms with van der Waals surface area (Å²) in [5, 5.41) is 9.70. The average molecular weight is 326 g/mol. The van der Waals surface area contributed by atoms with Crippen molar-refractivity contribution in [2.24, 2.45) is 0 Å². The number of nitrogens with one attached hydrogen (secondary N) is 1. The summed E-state index contributed by atoms with van der Waals surface area (Å²) in [4.78, 5) is 24.2. The zero-order chi connectivity index (χ0) is 17.3. The second kappa shape index (κ2) is 6.17. The predicted molar refractivity (Wildman–Crippen MR) is 91.3 cm³/mol. The number of nitrogens with two attached hydrogens (primary N) is 2. The van der Waals surface area contributed by atoms with E-state index in [9.17, 15) is 4.79 Å². The highest BCUT2D eigenvalue weighted by Gasteiger charge is 2.13. The number of aromatic carboxylic acids is 1. The van der Waals surface area contributed by atoms with Gasteiger partial charge in [0, 0.05) is 19.3 Å². The lowest BCUT2D eigenvalue weighted by molar-refractivity contribution is 0.0697. The Morgan fingerprint density at radius 2 is 1.92 bits per heavy atom. The number of fused-ring (bicyclic) bond motifs is 1. The number of anilines is 2.